The first-order valence-corrected chi connectivity index (χ1v) is 8.94. The molecule has 2 aromatic rings. The van der Waals surface area contributed by atoms with Crippen LogP contribution in [0.3, 0.4) is 0 Å². The third kappa shape index (κ3) is 4.33. The molecule has 1 heterocycles. The first-order chi connectivity index (χ1) is 9.70. The van der Waals surface area contributed by atoms with Gasteiger partial charge in [-0.15, -0.1) is 11.3 Å². The van der Waals surface area contributed by atoms with Gasteiger partial charge in [-0.05, 0) is 18.7 Å². The number of hydrogen-bond acceptors (Lipinski definition) is 4. The molecule has 1 aromatic heterocycles. The van der Waals surface area contributed by atoms with Crippen LogP contribution >= 0.6 is 23.1 Å². The molecule has 0 bridgehead atoms. The first-order valence-electron chi connectivity index (χ1n) is 6.97. The average molecular weight is 306 g/mol. The number of rotatable bonds is 7. The maximum atomic E-state index is 4.85. The third-order valence-electron chi connectivity index (χ3n) is 2.80. The Bertz CT molecular complexity index is 521. The normalized spacial score (nSPS) is 11.2. The van der Waals surface area contributed by atoms with Crippen LogP contribution in [0.5, 0.6) is 0 Å². The molecule has 0 fully saturated rings. The highest BCUT2D eigenvalue weighted by Gasteiger charge is 2.12. The van der Waals surface area contributed by atoms with Crippen LogP contribution in [0.2, 0.25) is 0 Å². The minimum Gasteiger partial charge on any atom is -0.315 e. The Hall–Kier alpha value is -0.840. The largest absolute Gasteiger partial charge is 0.315 e. The minimum atomic E-state index is 0.741. The Labute approximate surface area is 130 Å². The summed E-state index contributed by atoms with van der Waals surface area (Å²) in [5.41, 5.74) is 2.36. The molecule has 4 heteroatoms. The summed E-state index contributed by atoms with van der Waals surface area (Å²) < 4.78 is 0. The van der Waals surface area contributed by atoms with Gasteiger partial charge in [0.1, 0.15) is 5.01 Å². The summed E-state index contributed by atoms with van der Waals surface area (Å²) in [6, 6.07) is 10.5. The highest BCUT2D eigenvalue weighted by molar-refractivity contribution is 7.98. The SMILES string of the molecule is CNCc1sc(CSCC(C)C)nc1-c1ccccc1. The summed E-state index contributed by atoms with van der Waals surface area (Å²) in [5, 5.41) is 4.48. The maximum absolute atomic E-state index is 4.85. The van der Waals surface area contributed by atoms with E-state index in [-0.39, 0.29) is 0 Å². The van der Waals surface area contributed by atoms with Crippen molar-refractivity contribution in [3.8, 4) is 11.3 Å². The van der Waals surface area contributed by atoms with E-state index < -0.39 is 0 Å². The molecular formula is C16H22N2S2. The number of benzene rings is 1. The van der Waals surface area contributed by atoms with E-state index in [4.69, 9.17) is 4.98 Å². The van der Waals surface area contributed by atoms with E-state index in [0.717, 1.165) is 23.9 Å². The molecule has 0 saturated carbocycles. The summed E-state index contributed by atoms with van der Waals surface area (Å²) in [6.45, 7) is 5.41. The zero-order valence-corrected chi connectivity index (χ0v) is 14.0. The fourth-order valence-corrected chi connectivity index (χ4v) is 4.16. The van der Waals surface area contributed by atoms with Gasteiger partial charge in [-0.1, -0.05) is 44.2 Å². The number of aromatic nitrogens is 1. The molecule has 2 rings (SSSR count). The van der Waals surface area contributed by atoms with E-state index in [0.29, 0.717) is 0 Å². The van der Waals surface area contributed by atoms with Crippen LogP contribution in [-0.4, -0.2) is 17.8 Å². The fourth-order valence-electron chi connectivity index (χ4n) is 1.95. The van der Waals surface area contributed by atoms with Gasteiger partial charge < -0.3 is 5.32 Å². The van der Waals surface area contributed by atoms with Crippen LogP contribution in [0.15, 0.2) is 30.3 Å². The molecule has 0 atom stereocenters. The first kappa shape index (κ1) is 15.5. The van der Waals surface area contributed by atoms with Crippen LogP contribution in [-0.2, 0) is 12.3 Å². The lowest BCUT2D eigenvalue weighted by Crippen LogP contribution is -2.04. The van der Waals surface area contributed by atoms with Gasteiger partial charge in [0, 0.05) is 22.7 Å². The van der Waals surface area contributed by atoms with Crippen molar-refractivity contribution in [3.63, 3.8) is 0 Å². The summed E-state index contributed by atoms with van der Waals surface area (Å²) >= 11 is 3.81. The summed E-state index contributed by atoms with van der Waals surface area (Å²) in [7, 11) is 1.99. The Balaban J connectivity index is 2.16. The standard InChI is InChI=1S/C16H22N2S2/c1-12(2)10-19-11-15-18-16(14(20-15)9-17-3)13-7-5-4-6-8-13/h4-8,12,17H,9-11H2,1-3H3. The molecular weight excluding hydrogens is 284 g/mol. The Kier molecular flexibility index (Phi) is 6.07. The van der Waals surface area contributed by atoms with Crippen molar-refractivity contribution in [1.29, 1.82) is 0 Å². The number of hydrogen-bond donors (Lipinski definition) is 1. The molecule has 108 valence electrons. The van der Waals surface area contributed by atoms with Gasteiger partial charge in [-0.3, -0.25) is 0 Å². The summed E-state index contributed by atoms with van der Waals surface area (Å²) in [5.74, 6) is 2.96. The highest BCUT2D eigenvalue weighted by Crippen LogP contribution is 2.30. The van der Waals surface area contributed by atoms with Crippen molar-refractivity contribution >= 4 is 23.1 Å². The lowest BCUT2D eigenvalue weighted by molar-refractivity contribution is 0.750. The molecule has 2 nitrogen and oxygen atoms in total. The smallest absolute Gasteiger partial charge is 0.103 e. The highest BCUT2D eigenvalue weighted by atomic mass is 32.2. The van der Waals surface area contributed by atoms with Crippen LogP contribution in [0.25, 0.3) is 11.3 Å². The van der Waals surface area contributed by atoms with Crippen molar-refractivity contribution in [3.05, 3.63) is 40.2 Å². The van der Waals surface area contributed by atoms with E-state index in [9.17, 15) is 0 Å². The second kappa shape index (κ2) is 7.81. The average Bonchev–Trinajstić information content (AvgIpc) is 2.83. The molecule has 0 aliphatic carbocycles. The number of thioether (sulfide) groups is 1. The summed E-state index contributed by atoms with van der Waals surface area (Å²) in [4.78, 5) is 6.19. The number of thiazole rings is 1. The molecule has 0 radical (unpaired) electrons. The minimum absolute atomic E-state index is 0.741. The van der Waals surface area contributed by atoms with E-state index in [1.54, 1.807) is 0 Å². The van der Waals surface area contributed by atoms with Crippen molar-refractivity contribution < 1.29 is 0 Å². The van der Waals surface area contributed by atoms with Gasteiger partial charge in [0.15, 0.2) is 0 Å². The van der Waals surface area contributed by atoms with Gasteiger partial charge >= 0.3 is 0 Å². The zero-order chi connectivity index (χ0) is 14.4. The van der Waals surface area contributed by atoms with Gasteiger partial charge in [0.05, 0.1) is 5.69 Å². The maximum Gasteiger partial charge on any atom is 0.103 e. The van der Waals surface area contributed by atoms with Crippen LogP contribution in [0.4, 0.5) is 0 Å². The van der Waals surface area contributed by atoms with Gasteiger partial charge in [-0.25, -0.2) is 4.98 Å². The van der Waals surface area contributed by atoms with Crippen molar-refractivity contribution in [2.45, 2.75) is 26.1 Å². The molecule has 0 saturated heterocycles. The van der Waals surface area contributed by atoms with Gasteiger partial charge in [-0.2, -0.15) is 11.8 Å². The van der Waals surface area contributed by atoms with Crippen molar-refractivity contribution in [1.82, 2.24) is 10.3 Å². The van der Waals surface area contributed by atoms with E-state index in [2.05, 4.69) is 43.4 Å². The topological polar surface area (TPSA) is 24.9 Å². The predicted molar refractivity (Wildman–Crippen MR) is 91.3 cm³/mol. The van der Waals surface area contributed by atoms with Crippen molar-refractivity contribution in [2.24, 2.45) is 5.92 Å². The lowest BCUT2D eigenvalue weighted by Gasteiger charge is -2.01. The van der Waals surface area contributed by atoms with Gasteiger partial charge in [0.2, 0.25) is 0 Å². The molecule has 1 aromatic carbocycles. The third-order valence-corrected chi connectivity index (χ3v) is 5.42. The molecule has 0 spiro atoms. The number of nitrogens with zero attached hydrogens (tertiary/aromatic N) is 1. The predicted octanol–water partition coefficient (Wildman–Crippen LogP) is 4.42. The summed E-state index contributed by atoms with van der Waals surface area (Å²) in [6.07, 6.45) is 0. The molecule has 1 N–H and O–H groups in total. The van der Waals surface area contributed by atoms with Crippen molar-refractivity contribution in [2.75, 3.05) is 12.8 Å². The van der Waals surface area contributed by atoms with Crippen LogP contribution in [0.1, 0.15) is 23.7 Å². The van der Waals surface area contributed by atoms with E-state index in [1.165, 1.54) is 21.2 Å². The van der Waals surface area contributed by atoms with Crippen LogP contribution < -0.4 is 5.32 Å². The molecule has 20 heavy (non-hydrogen) atoms. The van der Waals surface area contributed by atoms with E-state index in [1.807, 2.05) is 36.2 Å². The molecule has 0 aliphatic rings. The molecule has 0 aliphatic heterocycles. The molecule has 0 amide bonds. The van der Waals surface area contributed by atoms with E-state index >= 15 is 0 Å². The monoisotopic (exact) mass is 306 g/mol. The fraction of sp³-hybridized carbons (Fsp3) is 0.438. The lowest BCUT2D eigenvalue weighted by atomic mass is 10.1. The zero-order valence-electron chi connectivity index (χ0n) is 12.3. The Morgan fingerprint density at radius 1 is 1.25 bits per heavy atom. The second-order valence-corrected chi connectivity index (χ2v) is 7.38. The Morgan fingerprint density at radius 2 is 2.00 bits per heavy atom. The second-order valence-electron chi connectivity index (χ2n) is 5.18. The molecule has 0 unspecified atom stereocenters. The number of nitrogens with one attached hydrogen (secondary N) is 1. The van der Waals surface area contributed by atoms with Crippen LogP contribution in [0, 0.1) is 5.92 Å². The quantitative estimate of drug-likeness (QED) is 0.819. The van der Waals surface area contributed by atoms with Gasteiger partial charge in [0.25, 0.3) is 0 Å². The Morgan fingerprint density at radius 3 is 2.65 bits per heavy atom.